The van der Waals surface area contributed by atoms with Crippen molar-refractivity contribution in [1.82, 2.24) is 9.88 Å². The molecule has 3 aromatic rings. The quantitative estimate of drug-likeness (QED) is 0.581. The summed E-state index contributed by atoms with van der Waals surface area (Å²) in [7, 11) is 0. The van der Waals surface area contributed by atoms with E-state index in [9.17, 15) is 4.79 Å². The van der Waals surface area contributed by atoms with Gasteiger partial charge in [-0.1, -0.05) is 29.3 Å². The van der Waals surface area contributed by atoms with Crippen LogP contribution >= 0.6 is 35.0 Å². The van der Waals surface area contributed by atoms with Gasteiger partial charge in [-0.15, -0.1) is 11.8 Å². The van der Waals surface area contributed by atoms with Crippen molar-refractivity contribution in [3.63, 3.8) is 0 Å². The number of hydrogen-bond donors (Lipinski definition) is 0. The predicted octanol–water partition coefficient (Wildman–Crippen LogP) is 5.42. The Morgan fingerprint density at radius 3 is 2.92 bits per heavy atom. The number of halogens is 2. The summed E-state index contributed by atoms with van der Waals surface area (Å²) in [5.74, 6) is 1.87. The van der Waals surface area contributed by atoms with E-state index in [0.29, 0.717) is 28.1 Å². The zero-order valence-electron chi connectivity index (χ0n) is 13.6. The van der Waals surface area contributed by atoms with E-state index in [-0.39, 0.29) is 11.3 Å². The monoisotopic (exact) mass is 404 g/mol. The van der Waals surface area contributed by atoms with Gasteiger partial charge in [-0.25, -0.2) is 0 Å². The van der Waals surface area contributed by atoms with E-state index in [1.165, 1.54) is 0 Å². The fraction of sp³-hybridized carbons (Fsp3) is 0.158. The summed E-state index contributed by atoms with van der Waals surface area (Å²) in [4.78, 5) is 18.3. The van der Waals surface area contributed by atoms with Crippen LogP contribution in [0.4, 0.5) is 0 Å². The van der Waals surface area contributed by atoms with E-state index in [0.717, 1.165) is 16.9 Å². The molecule has 1 aliphatic heterocycles. The van der Waals surface area contributed by atoms with Crippen molar-refractivity contribution < 1.29 is 9.21 Å². The number of hydrogen-bond acceptors (Lipinski definition) is 4. The maximum absolute atomic E-state index is 12.3. The van der Waals surface area contributed by atoms with Gasteiger partial charge in [0.15, 0.2) is 0 Å². The molecule has 3 heterocycles. The van der Waals surface area contributed by atoms with Gasteiger partial charge in [-0.05, 0) is 42.0 Å². The van der Waals surface area contributed by atoms with Gasteiger partial charge in [-0.2, -0.15) is 0 Å². The highest BCUT2D eigenvalue weighted by Crippen LogP contribution is 2.42. The molecule has 1 aromatic carbocycles. The summed E-state index contributed by atoms with van der Waals surface area (Å²) in [6.07, 6.45) is 3.49. The molecule has 2 aromatic heterocycles. The zero-order chi connectivity index (χ0) is 18.1. The normalized spacial score (nSPS) is 17.1. The Hall–Kier alpha value is -1.95. The van der Waals surface area contributed by atoms with E-state index in [4.69, 9.17) is 27.6 Å². The van der Waals surface area contributed by atoms with Gasteiger partial charge in [0, 0.05) is 29.5 Å². The Morgan fingerprint density at radius 1 is 1.23 bits per heavy atom. The Kier molecular flexibility index (Phi) is 4.94. The first kappa shape index (κ1) is 17.5. The number of benzene rings is 1. The highest BCUT2D eigenvalue weighted by molar-refractivity contribution is 8.00. The molecule has 1 atom stereocenters. The summed E-state index contributed by atoms with van der Waals surface area (Å²) in [6, 6.07) is 12.8. The van der Waals surface area contributed by atoms with Crippen LogP contribution in [0.3, 0.4) is 0 Å². The highest BCUT2D eigenvalue weighted by atomic mass is 35.5. The van der Waals surface area contributed by atoms with Crippen molar-refractivity contribution in [3.8, 4) is 11.3 Å². The van der Waals surface area contributed by atoms with Crippen molar-refractivity contribution >= 4 is 40.9 Å². The van der Waals surface area contributed by atoms with Crippen LogP contribution < -0.4 is 0 Å². The van der Waals surface area contributed by atoms with Crippen molar-refractivity contribution in [2.75, 3.05) is 5.75 Å². The van der Waals surface area contributed by atoms with Crippen LogP contribution in [0.2, 0.25) is 10.0 Å². The number of pyridine rings is 1. The number of aromatic nitrogens is 1. The number of carbonyl (C=O) groups excluding carboxylic acids is 1. The molecule has 26 heavy (non-hydrogen) atoms. The molecule has 0 saturated carbocycles. The van der Waals surface area contributed by atoms with Crippen molar-refractivity contribution in [3.05, 3.63) is 76.2 Å². The Morgan fingerprint density at radius 2 is 2.12 bits per heavy atom. The van der Waals surface area contributed by atoms with Gasteiger partial charge >= 0.3 is 0 Å². The summed E-state index contributed by atoms with van der Waals surface area (Å²) in [5.41, 5.74) is 1.72. The second-order valence-corrected chi connectivity index (χ2v) is 7.78. The number of thioether (sulfide) groups is 1. The lowest BCUT2D eigenvalue weighted by atomic mass is 10.2. The average Bonchev–Trinajstić information content (AvgIpc) is 3.26. The van der Waals surface area contributed by atoms with Crippen LogP contribution in [0, 0.1) is 0 Å². The molecule has 1 amide bonds. The Bertz CT molecular complexity index is 946. The molecule has 1 fully saturated rings. The molecule has 0 spiro atoms. The maximum atomic E-state index is 12.3. The number of carbonyl (C=O) groups is 1. The lowest BCUT2D eigenvalue weighted by Crippen LogP contribution is -2.27. The molecular formula is C19H14Cl2N2O2S. The highest BCUT2D eigenvalue weighted by Gasteiger charge is 2.35. The van der Waals surface area contributed by atoms with Crippen LogP contribution in [0.15, 0.2) is 59.3 Å². The van der Waals surface area contributed by atoms with Crippen molar-refractivity contribution in [1.29, 1.82) is 0 Å². The van der Waals surface area contributed by atoms with E-state index in [1.807, 2.05) is 29.2 Å². The minimum absolute atomic E-state index is 0.0857. The third kappa shape index (κ3) is 3.47. The summed E-state index contributed by atoms with van der Waals surface area (Å²) in [5, 5.41) is 0.984. The zero-order valence-corrected chi connectivity index (χ0v) is 15.9. The first-order valence-electron chi connectivity index (χ1n) is 7.97. The summed E-state index contributed by atoms with van der Waals surface area (Å²) < 4.78 is 6.03. The smallest absolute Gasteiger partial charge is 0.234 e. The second kappa shape index (κ2) is 7.35. The second-order valence-electron chi connectivity index (χ2n) is 5.87. The number of amides is 1. The molecule has 0 N–H and O–H groups in total. The van der Waals surface area contributed by atoms with Gasteiger partial charge in [-0.3, -0.25) is 9.78 Å². The summed E-state index contributed by atoms with van der Waals surface area (Å²) in [6.45, 7) is 0.498. The topological polar surface area (TPSA) is 46.3 Å². The average molecular weight is 405 g/mol. The standard InChI is InChI=1S/C19H14Cl2N2O2S/c20-13-3-4-15(21)14(8-13)16-5-6-17(25-16)19-23(18(24)11-26-19)10-12-2-1-7-22-9-12/h1-9,19H,10-11H2. The first-order chi connectivity index (χ1) is 12.6. The fourth-order valence-electron chi connectivity index (χ4n) is 2.87. The number of furan rings is 1. The van der Waals surface area contributed by atoms with Crippen LogP contribution in [0.25, 0.3) is 11.3 Å². The van der Waals surface area contributed by atoms with Gasteiger partial charge in [0.05, 0.1) is 10.8 Å². The van der Waals surface area contributed by atoms with Crippen molar-refractivity contribution in [2.45, 2.75) is 11.9 Å². The molecule has 132 valence electrons. The molecule has 0 radical (unpaired) electrons. The minimum atomic E-state index is -0.172. The Balaban J connectivity index is 1.61. The predicted molar refractivity (Wildman–Crippen MR) is 104 cm³/mol. The molecule has 0 bridgehead atoms. The van der Waals surface area contributed by atoms with E-state index >= 15 is 0 Å². The molecule has 1 unspecified atom stereocenters. The lowest BCUT2D eigenvalue weighted by Gasteiger charge is -2.22. The van der Waals surface area contributed by atoms with Crippen LogP contribution in [0.1, 0.15) is 16.7 Å². The van der Waals surface area contributed by atoms with Gasteiger partial charge in [0.2, 0.25) is 5.91 Å². The SMILES string of the molecule is O=C1CSC(c2ccc(-c3cc(Cl)ccc3Cl)o2)N1Cc1cccnc1. The van der Waals surface area contributed by atoms with E-state index < -0.39 is 0 Å². The van der Waals surface area contributed by atoms with Gasteiger partial charge in [0.25, 0.3) is 0 Å². The molecule has 1 saturated heterocycles. The van der Waals surface area contributed by atoms with E-state index in [2.05, 4.69) is 4.98 Å². The van der Waals surface area contributed by atoms with Crippen LogP contribution in [0.5, 0.6) is 0 Å². The first-order valence-corrected chi connectivity index (χ1v) is 9.77. The third-order valence-electron chi connectivity index (χ3n) is 4.11. The molecule has 1 aliphatic rings. The van der Waals surface area contributed by atoms with E-state index in [1.54, 1.807) is 42.4 Å². The molecule has 4 nitrogen and oxygen atoms in total. The van der Waals surface area contributed by atoms with Gasteiger partial charge in [0.1, 0.15) is 16.9 Å². The summed E-state index contributed by atoms with van der Waals surface area (Å²) >= 11 is 13.9. The largest absolute Gasteiger partial charge is 0.458 e. The molecule has 0 aliphatic carbocycles. The number of rotatable bonds is 4. The minimum Gasteiger partial charge on any atom is -0.458 e. The maximum Gasteiger partial charge on any atom is 0.234 e. The van der Waals surface area contributed by atoms with Crippen molar-refractivity contribution in [2.24, 2.45) is 0 Å². The van der Waals surface area contributed by atoms with Gasteiger partial charge < -0.3 is 9.32 Å². The van der Waals surface area contributed by atoms with Crippen LogP contribution in [-0.4, -0.2) is 21.5 Å². The Labute approximate surface area is 165 Å². The molecule has 4 rings (SSSR count). The number of nitrogens with zero attached hydrogens (tertiary/aromatic N) is 2. The third-order valence-corrected chi connectivity index (χ3v) is 5.89. The lowest BCUT2D eigenvalue weighted by molar-refractivity contribution is -0.128. The fourth-order valence-corrected chi connectivity index (χ4v) is 4.38. The molecular weight excluding hydrogens is 391 g/mol. The van der Waals surface area contributed by atoms with Crippen LogP contribution in [-0.2, 0) is 11.3 Å². The molecule has 7 heteroatoms.